The van der Waals surface area contributed by atoms with Gasteiger partial charge in [-0.1, -0.05) is 41.0 Å². The lowest BCUT2D eigenvalue weighted by Crippen LogP contribution is -2.49. The van der Waals surface area contributed by atoms with Crippen LogP contribution in [0.25, 0.3) is 0 Å². The number of hydrogen-bond acceptors (Lipinski definition) is 2. The molecule has 0 aromatic heterocycles. The van der Waals surface area contributed by atoms with Crippen LogP contribution >= 0.6 is 0 Å². The average molecular weight is 202 g/mol. The third-order valence-corrected chi connectivity index (χ3v) is 2.27. The van der Waals surface area contributed by atoms with Crippen LogP contribution in [-0.2, 0) is 0 Å². The fourth-order valence-corrected chi connectivity index (χ4v) is 1.52. The molecule has 0 aromatic carbocycles. The first-order valence-corrected chi connectivity index (χ1v) is 6.25. The molecule has 2 nitrogen and oxygen atoms in total. The Morgan fingerprint density at radius 2 is 1.79 bits per heavy atom. The summed E-state index contributed by atoms with van der Waals surface area (Å²) in [6.07, 6.45) is 2.64. The maximum atomic E-state index is 3.41. The Hall–Kier alpha value is -0.0800. The standard InChI is InChI=1S/C8H18N2.2C2H6/c1-3-4-8-7-9-5-6-10(8)2;2*1-2/h8-9H,3-7H2,1-2H3;2*1-2H3. The van der Waals surface area contributed by atoms with Gasteiger partial charge in [-0.15, -0.1) is 0 Å². The topological polar surface area (TPSA) is 15.3 Å². The van der Waals surface area contributed by atoms with Crippen LogP contribution in [0, 0.1) is 0 Å². The zero-order chi connectivity index (χ0) is 11.4. The molecular weight excluding hydrogens is 172 g/mol. The summed E-state index contributed by atoms with van der Waals surface area (Å²) in [5.74, 6) is 0. The molecule has 0 radical (unpaired) electrons. The quantitative estimate of drug-likeness (QED) is 0.741. The molecule has 0 saturated carbocycles. The molecule has 0 amide bonds. The van der Waals surface area contributed by atoms with Gasteiger partial charge in [-0.3, -0.25) is 0 Å². The second-order valence-electron chi connectivity index (χ2n) is 3.13. The van der Waals surface area contributed by atoms with Gasteiger partial charge in [-0.05, 0) is 13.5 Å². The van der Waals surface area contributed by atoms with E-state index in [4.69, 9.17) is 0 Å². The minimum atomic E-state index is 0.791. The second-order valence-corrected chi connectivity index (χ2v) is 3.13. The number of nitrogens with zero attached hydrogens (tertiary/aromatic N) is 1. The largest absolute Gasteiger partial charge is 0.314 e. The van der Waals surface area contributed by atoms with Crippen molar-refractivity contribution in [2.75, 3.05) is 26.7 Å². The van der Waals surface area contributed by atoms with E-state index in [1.807, 2.05) is 27.7 Å². The Morgan fingerprint density at radius 1 is 1.21 bits per heavy atom. The van der Waals surface area contributed by atoms with Crippen LogP contribution in [0.2, 0.25) is 0 Å². The van der Waals surface area contributed by atoms with Crippen LogP contribution in [0.1, 0.15) is 47.5 Å². The molecule has 1 aliphatic heterocycles. The first-order chi connectivity index (χ1) is 6.84. The highest BCUT2D eigenvalue weighted by Crippen LogP contribution is 2.05. The summed E-state index contributed by atoms with van der Waals surface area (Å²) in [5, 5.41) is 3.41. The zero-order valence-corrected chi connectivity index (χ0v) is 11.1. The fraction of sp³-hybridized carbons (Fsp3) is 1.00. The van der Waals surface area contributed by atoms with E-state index in [0.717, 1.165) is 12.6 Å². The van der Waals surface area contributed by atoms with Crippen molar-refractivity contribution in [3.63, 3.8) is 0 Å². The van der Waals surface area contributed by atoms with Gasteiger partial charge in [0, 0.05) is 25.7 Å². The van der Waals surface area contributed by atoms with Crippen LogP contribution in [0.15, 0.2) is 0 Å². The summed E-state index contributed by atoms with van der Waals surface area (Å²) >= 11 is 0. The predicted molar refractivity (Wildman–Crippen MR) is 66.9 cm³/mol. The Morgan fingerprint density at radius 3 is 2.21 bits per heavy atom. The van der Waals surface area contributed by atoms with Crippen LogP contribution in [0.3, 0.4) is 0 Å². The van der Waals surface area contributed by atoms with Crippen molar-refractivity contribution < 1.29 is 0 Å². The highest BCUT2D eigenvalue weighted by Gasteiger charge is 2.16. The number of likely N-dealkylation sites (N-methyl/N-ethyl adjacent to an activating group) is 1. The monoisotopic (exact) mass is 202 g/mol. The van der Waals surface area contributed by atoms with Gasteiger partial charge in [0.25, 0.3) is 0 Å². The number of hydrogen-bond donors (Lipinski definition) is 1. The number of nitrogens with one attached hydrogen (secondary N) is 1. The average Bonchev–Trinajstić information content (AvgIpc) is 2.28. The predicted octanol–water partition coefficient (Wildman–Crippen LogP) is 2.74. The minimum Gasteiger partial charge on any atom is -0.314 e. The van der Waals surface area contributed by atoms with E-state index >= 15 is 0 Å². The lowest BCUT2D eigenvalue weighted by Gasteiger charge is -2.32. The summed E-state index contributed by atoms with van der Waals surface area (Å²) in [6, 6.07) is 0.791. The van der Waals surface area contributed by atoms with E-state index in [0.29, 0.717) is 0 Å². The first kappa shape index (κ1) is 16.4. The van der Waals surface area contributed by atoms with E-state index in [9.17, 15) is 0 Å². The normalized spacial score (nSPS) is 21.4. The maximum Gasteiger partial charge on any atom is 0.0218 e. The van der Waals surface area contributed by atoms with Gasteiger partial charge in [0.2, 0.25) is 0 Å². The van der Waals surface area contributed by atoms with E-state index in [-0.39, 0.29) is 0 Å². The Kier molecular flexibility index (Phi) is 15.1. The lowest BCUT2D eigenvalue weighted by atomic mass is 10.1. The van der Waals surface area contributed by atoms with E-state index in [1.165, 1.54) is 25.9 Å². The Labute approximate surface area is 91.1 Å². The number of rotatable bonds is 2. The van der Waals surface area contributed by atoms with Crippen LogP contribution in [0.5, 0.6) is 0 Å². The third-order valence-electron chi connectivity index (χ3n) is 2.27. The van der Waals surface area contributed by atoms with Crippen molar-refractivity contribution in [1.82, 2.24) is 10.2 Å². The van der Waals surface area contributed by atoms with Crippen molar-refractivity contribution >= 4 is 0 Å². The molecule has 1 N–H and O–H groups in total. The minimum absolute atomic E-state index is 0.791. The van der Waals surface area contributed by atoms with Gasteiger partial charge in [0.1, 0.15) is 0 Å². The van der Waals surface area contributed by atoms with Crippen molar-refractivity contribution in [3.8, 4) is 0 Å². The number of piperazine rings is 1. The smallest absolute Gasteiger partial charge is 0.0218 e. The molecule has 1 heterocycles. The molecule has 2 heteroatoms. The summed E-state index contributed by atoms with van der Waals surface area (Å²) < 4.78 is 0. The van der Waals surface area contributed by atoms with Crippen LogP contribution in [-0.4, -0.2) is 37.6 Å². The molecular formula is C12H30N2. The van der Waals surface area contributed by atoms with Crippen LogP contribution in [0.4, 0.5) is 0 Å². The highest BCUT2D eigenvalue weighted by molar-refractivity contribution is 4.76. The van der Waals surface area contributed by atoms with Gasteiger partial charge in [-0.25, -0.2) is 0 Å². The van der Waals surface area contributed by atoms with Gasteiger partial charge in [0.05, 0.1) is 0 Å². The zero-order valence-electron chi connectivity index (χ0n) is 11.1. The fourth-order valence-electron chi connectivity index (χ4n) is 1.52. The molecule has 1 unspecified atom stereocenters. The molecule has 0 aromatic rings. The molecule has 0 spiro atoms. The summed E-state index contributed by atoms with van der Waals surface area (Å²) in [5.41, 5.74) is 0. The van der Waals surface area contributed by atoms with E-state index in [1.54, 1.807) is 0 Å². The van der Waals surface area contributed by atoms with Gasteiger partial charge >= 0.3 is 0 Å². The first-order valence-electron chi connectivity index (χ1n) is 6.25. The molecule has 88 valence electrons. The summed E-state index contributed by atoms with van der Waals surface area (Å²) in [7, 11) is 2.22. The molecule has 1 atom stereocenters. The molecule has 0 aliphatic carbocycles. The molecule has 1 aliphatic rings. The summed E-state index contributed by atoms with van der Waals surface area (Å²) in [4.78, 5) is 2.46. The maximum absolute atomic E-state index is 3.41. The van der Waals surface area contributed by atoms with E-state index < -0.39 is 0 Å². The lowest BCUT2D eigenvalue weighted by molar-refractivity contribution is 0.189. The summed E-state index contributed by atoms with van der Waals surface area (Å²) in [6.45, 7) is 13.8. The third kappa shape index (κ3) is 7.34. The van der Waals surface area contributed by atoms with Crippen molar-refractivity contribution in [1.29, 1.82) is 0 Å². The van der Waals surface area contributed by atoms with Gasteiger partial charge in [0.15, 0.2) is 0 Å². The van der Waals surface area contributed by atoms with Gasteiger partial charge < -0.3 is 10.2 Å². The molecule has 14 heavy (non-hydrogen) atoms. The van der Waals surface area contributed by atoms with Crippen molar-refractivity contribution in [2.24, 2.45) is 0 Å². The SMILES string of the molecule is CC.CC.CCCC1CNCCN1C. The van der Waals surface area contributed by atoms with Crippen molar-refractivity contribution in [2.45, 2.75) is 53.5 Å². The van der Waals surface area contributed by atoms with Crippen molar-refractivity contribution in [3.05, 3.63) is 0 Å². The molecule has 0 bridgehead atoms. The molecule has 1 rings (SSSR count). The highest BCUT2D eigenvalue weighted by atomic mass is 15.2. The Bertz CT molecular complexity index is 92.3. The second kappa shape index (κ2) is 12.9. The van der Waals surface area contributed by atoms with Gasteiger partial charge in [-0.2, -0.15) is 0 Å². The van der Waals surface area contributed by atoms with E-state index in [2.05, 4.69) is 24.2 Å². The van der Waals surface area contributed by atoms with Crippen LogP contribution < -0.4 is 5.32 Å². The Balaban J connectivity index is 0. The molecule has 1 fully saturated rings. The molecule has 1 saturated heterocycles.